The average molecular weight is 259 g/mol. The third-order valence-electron chi connectivity index (χ3n) is 2.64. The molecule has 0 spiro atoms. The minimum absolute atomic E-state index is 0. The number of hydrogen-bond acceptors (Lipinski definition) is 4. The van der Waals surface area contributed by atoms with Crippen LogP contribution in [0.5, 0.6) is 0 Å². The highest BCUT2D eigenvalue weighted by Crippen LogP contribution is 2.29. The van der Waals surface area contributed by atoms with Crippen molar-refractivity contribution in [3.8, 4) is 0 Å². The summed E-state index contributed by atoms with van der Waals surface area (Å²) < 4.78 is 0. The van der Waals surface area contributed by atoms with Gasteiger partial charge in [0.15, 0.2) is 5.54 Å². The molecule has 0 radical (unpaired) electrons. The summed E-state index contributed by atoms with van der Waals surface area (Å²) in [6.07, 6.45) is 6.11. The van der Waals surface area contributed by atoms with Crippen LogP contribution in [0.2, 0.25) is 0 Å². The Labute approximate surface area is 103 Å². The zero-order valence-corrected chi connectivity index (χ0v) is 9.55. The van der Waals surface area contributed by atoms with E-state index < -0.39 is 23.9 Å². The molecule has 1 unspecified atom stereocenters. The van der Waals surface area contributed by atoms with Gasteiger partial charge in [0.1, 0.15) is 5.84 Å². The number of carboxylic acid groups (broad SMARTS) is 2. The number of nitrogens with zero attached hydrogens (tertiary/aromatic N) is 2. The van der Waals surface area contributed by atoms with Gasteiger partial charge in [-0.3, -0.25) is 9.79 Å². The number of hydrogen-bond donors (Lipinski definition) is 2. The number of aliphatic imine (C=N–C) groups is 1. The Bertz CT molecular complexity index is 444. The van der Waals surface area contributed by atoms with Crippen molar-refractivity contribution >= 4 is 30.2 Å². The maximum Gasteiger partial charge on any atom is 0.332 e. The molecule has 2 aliphatic heterocycles. The molecule has 0 amide bonds. The van der Waals surface area contributed by atoms with E-state index >= 15 is 0 Å². The number of amidine groups is 1. The lowest BCUT2D eigenvalue weighted by Gasteiger charge is -2.33. The van der Waals surface area contributed by atoms with Crippen LogP contribution in [0, 0.1) is 0 Å². The SMILES string of the molecule is Cl.O=C(O)CC1(C(=O)O)CN=C2C=CC=CN21. The van der Waals surface area contributed by atoms with Gasteiger partial charge in [0.05, 0.1) is 13.0 Å². The molecule has 0 aromatic rings. The number of carbonyl (C=O) groups is 2. The first-order valence-electron chi connectivity index (χ1n) is 4.70. The topological polar surface area (TPSA) is 90.2 Å². The van der Waals surface area contributed by atoms with E-state index in [2.05, 4.69) is 4.99 Å². The maximum absolute atomic E-state index is 11.3. The molecule has 0 saturated carbocycles. The van der Waals surface area contributed by atoms with Crippen LogP contribution in [0.25, 0.3) is 0 Å². The summed E-state index contributed by atoms with van der Waals surface area (Å²) in [5, 5.41) is 18.0. The van der Waals surface area contributed by atoms with Gasteiger partial charge in [0.25, 0.3) is 0 Å². The van der Waals surface area contributed by atoms with Crippen LogP contribution < -0.4 is 0 Å². The van der Waals surface area contributed by atoms with Crippen molar-refractivity contribution in [1.82, 2.24) is 4.90 Å². The molecule has 2 rings (SSSR count). The summed E-state index contributed by atoms with van der Waals surface area (Å²) in [7, 11) is 0. The molecule has 0 saturated heterocycles. The molecule has 2 aliphatic rings. The number of aliphatic carboxylic acids is 2. The minimum Gasteiger partial charge on any atom is -0.481 e. The summed E-state index contributed by atoms with van der Waals surface area (Å²) in [6, 6.07) is 0. The van der Waals surface area contributed by atoms with E-state index in [0.29, 0.717) is 5.84 Å². The molecule has 0 bridgehead atoms. The van der Waals surface area contributed by atoms with Gasteiger partial charge in [0, 0.05) is 6.20 Å². The molecule has 0 aromatic carbocycles. The second-order valence-electron chi connectivity index (χ2n) is 3.65. The molecule has 0 fully saturated rings. The van der Waals surface area contributed by atoms with E-state index in [4.69, 9.17) is 5.11 Å². The lowest BCUT2D eigenvalue weighted by Crippen LogP contribution is -2.54. The molecule has 1 atom stereocenters. The van der Waals surface area contributed by atoms with Gasteiger partial charge in [-0.05, 0) is 12.2 Å². The Morgan fingerprint density at radius 3 is 2.71 bits per heavy atom. The molecule has 2 N–H and O–H groups in total. The molecular weight excluding hydrogens is 248 g/mol. The summed E-state index contributed by atoms with van der Waals surface area (Å²) in [4.78, 5) is 27.5. The van der Waals surface area contributed by atoms with Crippen molar-refractivity contribution in [2.45, 2.75) is 12.0 Å². The largest absolute Gasteiger partial charge is 0.481 e. The zero-order chi connectivity index (χ0) is 11.8. The quantitative estimate of drug-likeness (QED) is 0.769. The van der Waals surface area contributed by atoms with Gasteiger partial charge in [-0.1, -0.05) is 6.08 Å². The number of rotatable bonds is 3. The number of carboxylic acids is 2. The van der Waals surface area contributed by atoms with Crippen LogP contribution in [0.3, 0.4) is 0 Å². The highest BCUT2D eigenvalue weighted by Gasteiger charge is 2.50. The molecule has 7 heteroatoms. The van der Waals surface area contributed by atoms with Crippen molar-refractivity contribution in [3.63, 3.8) is 0 Å². The fourth-order valence-electron chi connectivity index (χ4n) is 1.85. The van der Waals surface area contributed by atoms with Crippen molar-refractivity contribution in [1.29, 1.82) is 0 Å². The molecule has 0 aliphatic carbocycles. The highest BCUT2D eigenvalue weighted by atomic mass is 35.5. The molecule has 0 aromatic heterocycles. The molecule has 92 valence electrons. The average Bonchev–Trinajstić information content (AvgIpc) is 2.58. The summed E-state index contributed by atoms with van der Waals surface area (Å²) >= 11 is 0. The Morgan fingerprint density at radius 2 is 2.12 bits per heavy atom. The Hall–Kier alpha value is -1.82. The van der Waals surface area contributed by atoms with E-state index in [1.54, 1.807) is 24.4 Å². The van der Waals surface area contributed by atoms with Crippen LogP contribution in [0.4, 0.5) is 0 Å². The predicted molar refractivity (Wildman–Crippen MR) is 62.3 cm³/mol. The lowest BCUT2D eigenvalue weighted by molar-refractivity contribution is -0.153. The zero-order valence-electron chi connectivity index (χ0n) is 8.74. The Kier molecular flexibility index (Phi) is 3.57. The molecule has 6 nitrogen and oxygen atoms in total. The first-order valence-corrected chi connectivity index (χ1v) is 4.70. The van der Waals surface area contributed by atoms with Crippen LogP contribution in [0.1, 0.15) is 6.42 Å². The van der Waals surface area contributed by atoms with E-state index in [1.165, 1.54) is 4.90 Å². The standard InChI is InChI=1S/C10H10N2O4.ClH/c13-8(14)5-10(9(15)16)6-11-7-3-1-2-4-12(7)10;/h1-4H,5-6H2,(H,13,14)(H,15,16);1H. The van der Waals surface area contributed by atoms with Crippen molar-refractivity contribution in [2.24, 2.45) is 4.99 Å². The van der Waals surface area contributed by atoms with Crippen LogP contribution in [-0.2, 0) is 9.59 Å². The lowest BCUT2D eigenvalue weighted by atomic mass is 9.94. The number of allylic oxidation sites excluding steroid dienone is 2. The van der Waals surface area contributed by atoms with Crippen LogP contribution >= 0.6 is 12.4 Å². The van der Waals surface area contributed by atoms with E-state index in [1.807, 2.05) is 0 Å². The first kappa shape index (κ1) is 13.2. The van der Waals surface area contributed by atoms with E-state index in [0.717, 1.165) is 0 Å². The summed E-state index contributed by atoms with van der Waals surface area (Å²) in [5.41, 5.74) is -1.48. The van der Waals surface area contributed by atoms with Gasteiger partial charge in [-0.15, -0.1) is 12.4 Å². The normalized spacial score (nSPS) is 24.9. The molecular formula is C10H11ClN2O4. The summed E-state index contributed by atoms with van der Waals surface area (Å²) in [5.74, 6) is -1.83. The van der Waals surface area contributed by atoms with Gasteiger partial charge in [-0.2, -0.15) is 0 Å². The second kappa shape index (κ2) is 4.58. The van der Waals surface area contributed by atoms with Gasteiger partial charge in [-0.25, -0.2) is 4.79 Å². The van der Waals surface area contributed by atoms with Gasteiger partial charge < -0.3 is 15.1 Å². The minimum atomic E-state index is -1.48. The highest BCUT2D eigenvalue weighted by molar-refractivity contribution is 6.02. The second-order valence-corrected chi connectivity index (χ2v) is 3.65. The molecule has 2 heterocycles. The Morgan fingerprint density at radius 1 is 1.41 bits per heavy atom. The van der Waals surface area contributed by atoms with Crippen molar-refractivity contribution in [3.05, 3.63) is 24.4 Å². The van der Waals surface area contributed by atoms with Gasteiger partial charge >= 0.3 is 11.9 Å². The fraction of sp³-hybridized carbons (Fsp3) is 0.300. The third kappa shape index (κ3) is 2.03. The summed E-state index contributed by atoms with van der Waals surface area (Å²) in [6.45, 7) is -0.0430. The smallest absolute Gasteiger partial charge is 0.332 e. The molecule has 17 heavy (non-hydrogen) atoms. The number of fused-ring (bicyclic) bond motifs is 1. The van der Waals surface area contributed by atoms with Crippen molar-refractivity contribution < 1.29 is 19.8 Å². The Balaban J connectivity index is 0.00000144. The van der Waals surface area contributed by atoms with Gasteiger partial charge in [0.2, 0.25) is 0 Å². The van der Waals surface area contributed by atoms with E-state index in [-0.39, 0.29) is 19.0 Å². The fourth-order valence-corrected chi connectivity index (χ4v) is 1.85. The predicted octanol–water partition coefficient (Wildman–Crippen LogP) is 0.504. The maximum atomic E-state index is 11.3. The van der Waals surface area contributed by atoms with Crippen LogP contribution in [0.15, 0.2) is 29.4 Å². The number of halogens is 1. The first-order chi connectivity index (χ1) is 7.56. The van der Waals surface area contributed by atoms with E-state index in [9.17, 15) is 14.7 Å². The van der Waals surface area contributed by atoms with Crippen molar-refractivity contribution in [2.75, 3.05) is 6.54 Å². The van der Waals surface area contributed by atoms with Crippen LogP contribution in [-0.4, -0.2) is 45.0 Å². The third-order valence-corrected chi connectivity index (χ3v) is 2.64. The monoisotopic (exact) mass is 258 g/mol.